The van der Waals surface area contributed by atoms with Crippen molar-refractivity contribution >= 4 is 11.9 Å². The third-order valence-corrected chi connectivity index (χ3v) is 7.27. The van der Waals surface area contributed by atoms with Crippen molar-refractivity contribution in [2.75, 3.05) is 6.54 Å². The molecule has 10 heteroatoms. The zero-order valence-electron chi connectivity index (χ0n) is 24.3. The van der Waals surface area contributed by atoms with Crippen molar-refractivity contribution in [2.45, 2.75) is 102 Å². The highest BCUT2D eigenvalue weighted by atomic mass is 16.7. The quantitative estimate of drug-likeness (QED) is 0.0844. The van der Waals surface area contributed by atoms with Gasteiger partial charge in [0.15, 0.2) is 6.10 Å². The van der Waals surface area contributed by atoms with Crippen LogP contribution in [0.4, 0.5) is 0 Å². The van der Waals surface area contributed by atoms with Gasteiger partial charge < -0.3 is 25.7 Å². The van der Waals surface area contributed by atoms with Crippen molar-refractivity contribution in [3.63, 3.8) is 0 Å². The van der Waals surface area contributed by atoms with Crippen molar-refractivity contribution in [2.24, 2.45) is 11.8 Å². The number of amides is 1. The molecule has 0 radical (unpaired) electrons. The van der Waals surface area contributed by atoms with Gasteiger partial charge in [0.05, 0.1) is 17.1 Å². The summed E-state index contributed by atoms with van der Waals surface area (Å²) in [7, 11) is 0. The van der Waals surface area contributed by atoms with E-state index in [0.29, 0.717) is 45.1 Å². The van der Waals surface area contributed by atoms with E-state index in [2.05, 4.69) is 5.32 Å². The molecule has 0 bridgehead atoms. The lowest BCUT2D eigenvalue weighted by molar-refractivity contribution is -0.780. The Morgan fingerprint density at radius 3 is 2.56 bits per heavy atom. The van der Waals surface area contributed by atoms with Crippen molar-refractivity contribution in [3.8, 4) is 0 Å². The van der Waals surface area contributed by atoms with E-state index in [0.717, 1.165) is 24.8 Å². The van der Waals surface area contributed by atoms with Gasteiger partial charge in [-0.15, -0.1) is 0 Å². The van der Waals surface area contributed by atoms with Gasteiger partial charge in [0, 0.05) is 31.7 Å². The molecule has 1 aliphatic rings. The second-order valence-corrected chi connectivity index (χ2v) is 10.5. The number of aliphatic hydroxyl groups is 2. The molecule has 0 saturated heterocycles. The van der Waals surface area contributed by atoms with E-state index in [1.54, 1.807) is 6.92 Å². The first kappa shape index (κ1) is 35.9. The fourth-order valence-electron chi connectivity index (χ4n) is 5.05. The van der Waals surface area contributed by atoms with Crippen molar-refractivity contribution in [1.29, 1.82) is 0 Å². The molecule has 41 heavy (non-hydrogen) atoms. The number of ether oxygens (including phenoxy) is 1. The number of hydrogen-bond acceptors (Lipinski definition) is 8. The highest BCUT2D eigenvalue weighted by Gasteiger charge is 2.39. The molecule has 1 aromatic rings. The molecule has 0 aromatic heterocycles. The van der Waals surface area contributed by atoms with Gasteiger partial charge in [-0.3, -0.25) is 9.59 Å². The lowest BCUT2D eigenvalue weighted by atomic mass is 9.89. The minimum absolute atomic E-state index is 0. The van der Waals surface area contributed by atoms with Crippen molar-refractivity contribution in [1.82, 2.24) is 5.32 Å². The first-order chi connectivity index (χ1) is 19.3. The number of esters is 1. The number of aliphatic hydroxyl groups excluding tert-OH is 2. The second kappa shape index (κ2) is 20.7. The number of aryl methyl sites for hydroxylation is 1. The van der Waals surface area contributed by atoms with Crippen LogP contribution in [0.1, 0.15) is 77.2 Å². The van der Waals surface area contributed by atoms with Crippen LogP contribution in [0.3, 0.4) is 0 Å². The summed E-state index contributed by atoms with van der Waals surface area (Å²) in [6.07, 6.45) is 11.3. The van der Waals surface area contributed by atoms with Crippen molar-refractivity contribution < 1.29 is 40.2 Å². The summed E-state index contributed by atoms with van der Waals surface area (Å²) in [5.74, 6) is -0.680. The van der Waals surface area contributed by atoms with E-state index in [1.165, 1.54) is 5.34 Å². The van der Waals surface area contributed by atoms with E-state index in [-0.39, 0.29) is 41.7 Å². The number of benzene rings is 1. The Morgan fingerprint density at radius 1 is 1.10 bits per heavy atom. The number of allylic oxidation sites excluding steroid dienone is 2. The predicted octanol–water partition coefficient (Wildman–Crippen LogP) is 2.86. The lowest BCUT2D eigenvalue weighted by Gasteiger charge is -2.21. The van der Waals surface area contributed by atoms with Gasteiger partial charge in [0.1, 0.15) is 6.10 Å². The minimum Gasteiger partial charge on any atom is -0.870 e. The molecule has 10 nitrogen and oxygen atoms in total. The molecule has 0 spiro atoms. The number of carbonyl (C=O) groups is 2. The van der Waals surface area contributed by atoms with Gasteiger partial charge in [-0.05, 0) is 76.4 Å². The molecule has 1 fully saturated rings. The molecular formula is C31H48N2O8. The average molecular weight is 577 g/mol. The van der Waals surface area contributed by atoms with Gasteiger partial charge in [-0.1, -0.05) is 48.6 Å². The minimum atomic E-state index is -0.677. The van der Waals surface area contributed by atoms with Gasteiger partial charge in [-0.25, -0.2) is 4.84 Å². The van der Waals surface area contributed by atoms with Crippen LogP contribution in [-0.2, 0) is 25.6 Å². The van der Waals surface area contributed by atoms with E-state index < -0.39 is 18.3 Å². The Bertz CT molecular complexity index is 939. The van der Waals surface area contributed by atoms with Crippen LogP contribution in [0.25, 0.3) is 0 Å². The van der Waals surface area contributed by atoms with E-state index in [4.69, 9.17) is 9.57 Å². The van der Waals surface area contributed by atoms with E-state index in [1.807, 2.05) is 61.6 Å². The summed E-state index contributed by atoms with van der Waals surface area (Å²) < 4.78 is 5.80. The zero-order valence-corrected chi connectivity index (χ0v) is 24.3. The maximum absolute atomic E-state index is 12.6. The van der Waals surface area contributed by atoms with E-state index >= 15 is 0 Å². The smallest absolute Gasteiger partial charge is 0.306 e. The summed E-state index contributed by atoms with van der Waals surface area (Å²) in [5, 5.41) is 25.5. The third kappa shape index (κ3) is 14.4. The fraction of sp³-hybridized carbons (Fsp3) is 0.613. The van der Waals surface area contributed by atoms with Gasteiger partial charge in [0.25, 0.3) is 0 Å². The molecule has 5 N–H and O–H groups in total. The summed E-state index contributed by atoms with van der Waals surface area (Å²) in [6, 6.07) is 9.97. The first-order valence-electron chi connectivity index (χ1n) is 14.6. The molecule has 1 aromatic carbocycles. The first-order valence-corrected chi connectivity index (χ1v) is 14.6. The Morgan fingerprint density at radius 2 is 1.85 bits per heavy atom. The normalized spacial score (nSPS) is 21.8. The van der Waals surface area contributed by atoms with Gasteiger partial charge in [-0.2, -0.15) is 0 Å². The Labute approximate surface area is 243 Å². The summed E-state index contributed by atoms with van der Waals surface area (Å²) in [6.45, 7) is 4.28. The van der Waals surface area contributed by atoms with Crippen LogP contribution in [0.5, 0.6) is 0 Å². The number of nitrogens with one attached hydrogen (secondary N) is 2. The van der Waals surface area contributed by atoms with Crippen LogP contribution in [-0.4, -0.2) is 58.5 Å². The standard InChI is InChI=1S/C31H46N2O7.H2O/c1-3-32-30(36)16-10-5-4-9-15-26-27(29(35)22-28(26)34)21-20-25(19-18-24-13-7-6-8-14-24)39-31(37)17-11-12-23(2)40-33-38;/h4,6-9,13-14,20-21,23,25-29,33-35H,3,5,10-12,15-19,22H2,1-2H3;1H2/b9-4-,21-20+;/t23-,25-,26+,27+,28-,29+;/m0./s1. The van der Waals surface area contributed by atoms with Crippen LogP contribution < -0.4 is 10.7 Å². The molecule has 230 valence electrons. The summed E-state index contributed by atoms with van der Waals surface area (Å²) in [4.78, 5) is 39.3. The topological polar surface area (TPSA) is 166 Å². The fourth-order valence-corrected chi connectivity index (χ4v) is 5.05. The molecule has 1 aliphatic carbocycles. The molecule has 2 rings (SSSR count). The Kier molecular flexibility index (Phi) is 18.2. The largest absolute Gasteiger partial charge is 0.870 e. The number of hydrogen-bond donors (Lipinski definition) is 4. The van der Waals surface area contributed by atoms with Crippen LogP contribution in [0.2, 0.25) is 0 Å². The van der Waals surface area contributed by atoms with Crippen LogP contribution in [0, 0.1) is 16.7 Å². The summed E-state index contributed by atoms with van der Waals surface area (Å²) >= 11 is 0. The van der Waals surface area contributed by atoms with Gasteiger partial charge >= 0.3 is 5.97 Å². The molecule has 0 heterocycles. The number of carbonyl (C=O) groups excluding carboxylic acids is 2. The highest BCUT2D eigenvalue weighted by Crippen LogP contribution is 2.36. The highest BCUT2D eigenvalue weighted by molar-refractivity contribution is 5.75. The predicted molar refractivity (Wildman–Crippen MR) is 154 cm³/mol. The van der Waals surface area contributed by atoms with Gasteiger partial charge in [0.2, 0.25) is 11.2 Å². The molecule has 0 aliphatic heterocycles. The van der Waals surface area contributed by atoms with Crippen molar-refractivity contribution in [3.05, 3.63) is 65.1 Å². The van der Waals surface area contributed by atoms with E-state index in [9.17, 15) is 24.7 Å². The average Bonchev–Trinajstić information content (AvgIpc) is 3.20. The number of rotatable bonds is 19. The second-order valence-electron chi connectivity index (χ2n) is 10.5. The maximum atomic E-state index is 12.6. The Balaban J connectivity index is 0.00000840. The maximum Gasteiger partial charge on any atom is 0.306 e. The van der Waals surface area contributed by atoms with Crippen LogP contribution >= 0.6 is 0 Å². The molecule has 6 atom stereocenters. The zero-order chi connectivity index (χ0) is 29.2. The molecule has 0 unspecified atom stereocenters. The SMILES string of the molecule is CCNC(=O)CCC/C=C\C[C@@H]1[C@@H](/C=C/[C@H](CCc2ccccc2)OC(=O)CCC[C@H](C)O[NH+]=O)[C@H](O)C[C@@H]1O.[OH-]. The lowest BCUT2D eigenvalue weighted by Crippen LogP contribution is -2.64. The molecule has 1 saturated carbocycles. The Hall–Kier alpha value is -3.08. The summed E-state index contributed by atoms with van der Waals surface area (Å²) in [5.41, 5.74) is 1.14. The number of unbranched alkanes of at least 4 members (excludes halogenated alkanes) is 1. The van der Waals surface area contributed by atoms with Crippen LogP contribution in [0.15, 0.2) is 54.6 Å². The third-order valence-electron chi connectivity index (χ3n) is 7.27. The molecule has 1 amide bonds. The molecular weight excluding hydrogens is 528 g/mol. The monoisotopic (exact) mass is 576 g/mol.